The summed E-state index contributed by atoms with van der Waals surface area (Å²) in [6.07, 6.45) is -7.68. The van der Waals surface area contributed by atoms with E-state index in [-0.39, 0.29) is 35.2 Å². The van der Waals surface area contributed by atoms with E-state index in [1.165, 1.54) is 42.0 Å². The first-order valence-corrected chi connectivity index (χ1v) is 17.0. The number of rotatable bonds is 9. The van der Waals surface area contributed by atoms with Gasteiger partial charge < -0.3 is 19.3 Å². The number of allylic oxidation sites excluding steroid dienone is 1. The minimum atomic E-state index is -5.81. The number of carbonyl (C=O) groups excluding carboxylic acids is 1. The van der Waals surface area contributed by atoms with Crippen molar-refractivity contribution in [2.75, 3.05) is 50.9 Å². The summed E-state index contributed by atoms with van der Waals surface area (Å²) in [6, 6.07) is 16.5. The molecule has 6 rings (SSSR count). The number of halogens is 6. The van der Waals surface area contributed by atoms with Crippen LogP contribution < -0.4 is 15.0 Å². The lowest BCUT2D eigenvalue weighted by atomic mass is 9.89. The fourth-order valence-corrected chi connectivity index (χ4v) is 7.34. The molecule has 51 heavy (non-hydrogen) atoms. The Morgan fingerprint density at radius 1 is 1.02 bits per heavy atom. The summed E-state index contributed by atoms with van der Waals surface area (Å²) in [6.45, 7) is 7.79. The molecule has 0 saturated carbocycles. The molecule has 0 spiro atoms. The van der Waals surface area contributed by atoms with Gasteiger partial charge in [0, 0.05) is 56.6 Å². The first-order chi connectivity index (χ1) is 24.1. The maximum absolute atomic E-state index is 14.6. The third-order valence-corrected chi connectivity index (χ3v) is 10.1. The van der Waals surface area contributed by atoms with Gasteiger partial charge in [-0.1, -0.05) is 60.7 Å². The summed E-state index contributed by atoms with van der Waals surface area (Å²) in [5.41, 5.74) is -2.87. The summed E-state index contributed by atoms with van der Waals surface area (Å²) in [7, 11) is 0. The van der Waals surface area contributed by atoms with Gasteiger partial charge in [0.1, 0.15) is 5.75 Å². The van der Waals surface area contributed by atoms with Crippen molar-refractivity contribution < 1.29 is 40.6 Å². The fourth-order valence-electron chi connectivity index (χ4n) is 7.34. The minimum absolute atomic E-state index is 0.0513. The topological polar surface area (TPSA) is 57.3 Å². The van der Waals surface area contributed by atoms with Crippen LogP contribution in [0.15, 0.2) is 72.8 Å². The van der Waals surface area contributed by atoms with E-state index in [0.717, 1.165) is 29.9 Å². The molecule has 1 N–H and O–H groups in total. The van der Waals surface area contributed by atoms with Gasteiger partial charge in [-0.2, -0.15) is 26.3 Å². The number of nitrogens with zero attached hydrogens (tertiary/aromatic N) is 3. The number of piperazine rings is 1. The molecule has 2 saturated heterocycles. The van der Waals surface area contributed by atoms with Crippen molar-refractivity contribution in [1.29, 1.82) is 0 Å². The molecule has 0 aromatic heterocycles. The Morgan fingerprint density at radius 2 is 1.76 bits per heavy atom. The molecule has 3 aliphatic rings. The third kappa shape index (κ3) is 7.20. The van der Waals surface area contributed by atoms with Gasteiger partial charge in [0.05, 0.1) is 25.3 Å². The van der Waals surface area contributed by atoms with Gasteiger partial charge in [-0.25, -0.2) is 0 Å². The lowest BCUT2D eigenvalue weighted by Gasteiger charge is -2.43. The summed E-state index contributed by atoms with van der Waals surface area (Å²) >= 11 is 0. The Labute approximate surface area is 293 Å². The molecule has 0 bridgehead atoms. The van der Waals surface area contributed by atoms with Crippen LogP contribution in [0, 0.1) is 0 Å². The molecule has 2 fully saturated rings. The molecule has 1 unspecified atom stereocenters. The number of benzene rings is 3. The van der Waals surface area contributed by atoms with Crippen molar-refractivity contribution >= 4 is 17.7 Å². The van der Waals surface area contributed by atoms with E-state index in [1.807, 2.05) is 11.8 Å². The van der Waals surface area contributed by atoms with E-state index in [1.54, 1.807) is 24.0 Å². The summed E-state index contributed by atoms with van der Waals surface area (Å²) in [5.74, 6) is 0.852. The second-order valence-electron chi connectivity index (χ2n) is 13.7. The summed E-state index contributed by atoms with van der Waals surface area (Å²) < 4.78 is 98.3. The van der Waals surface area contributed by atoms with Gasteiger partial charge in [-0.3, -0.25) is 15.0 Å². The molecule has 0 aliphatic carbocycles. The number of alkyl halides is 6. The molecule has 3 aromatic carbocycles. The number of fused-ring (bicyclic) bond motifs is 1. The number of hydrogen-bond acceptors (Lipinski definition) is 6. The molecule has 274 valence electrons. The van der Waals surface area contributed by atoms with Crippen molar-refractivity contribution in [3.05, 3.63) is 101 Å². The Bertz CT molecular complexity index is 1730. The van der Waals surface area contributed by atoms with E-state index in [9.17, 15) is 31.1 Å². The molecule has 0 radical (unpaired) electrons. The van der Waals surface area contributed by atoms with Crippen LogP contribution in [0.5, 0.6) is 5.75 Å². The average molecular weight is 717 g/mol. The highest BCUT2D eigenvalue weighted by atomic mass is 19.4. The monoisotopic (exact) mass is 716 g/mol. The van der Waals surface area contributed by atoms with E-state index in [0.29, 0.717) is 45.1 Å². The SMILES string of the molecule is CC=Cc1cc(C(OCc2ccccc2)(C(F)(F)F)C(F)(F)F)ccc1N1CCN(C(=O)CN2CNC(C)(c3ccc4c(c3)OCC4)C2)C[C@@H]1C. The van der Waals surface area contributed by atoms with Gasteiger partial charge in [-0.15, -0.1) is 0 Å². The van der Waals surface area contributed by atoms with E-state index in [4.69, 9.17) is 9.47 Å². The zero-order valence-corrected chi connectivity index (χ0v) is 28.8. The zero-order chi connectivity index (χ0) is 36.6. The average Bonchev–Trinajstić information content (AvgIpc) is 3.71. The Balaban J connectivity index is 1.16. The molecular formula is C38H42F6N4O3. The van der Waals surface area contributed by atoms with Crippen LogP contribution in [-0.4, -0.2) is 80.1 Å². The maximum atomic E-state index is 14.6. The van der Waals surface area contributed by atoms with Crippen LogP contribution in [0.3, 0.4) is 0 Å². The Hall–Kier alpha value is -4.07. The lowest BCUT2D eigenvalue weighted by molar-refractivity contribution is -0.392. The van der Waals surface area contributed by atoms with E-state index in [2.05, 4.69) is 35.3 Å². The second kappa shape index (κ2) is 14.2. The van der Waals surface area contributed by atoms with Gasteiger partial charge in [0.25, 0.3) is 5.60 Å². The normalized spacial score (nSPS) is 21.7. The van der Waals surface area contributed by atoms with Gasteiger partial charge in [-0.05, 0) is 61.2 Å². The molecule has 3 heterocycles. The zero-order valence-electron chi connectivity index (χ0n) is 28.8. The summed E-state index contributed by atoms with van der Waals surface area (Å²) in [4.78, 5) is 19.2. The highest BCUT2D eigenvalue weighted by Crippen LogP contribution is 2.54. The number of carbonyl (C=O) groups is 1. The smallest absolute Gasteiger partial charge is 0.430 e. The van der Waals surface area contributed by atoms with Crippen LogP contribution in [0.2, 0.25) is 0 Å². The highest BCUT2D eigenvalue weighted by Gasteiger charge is 2.73. The van der Waals surface area contributed by atoms with Crippen molar-refractivity contribution in [2.24, 2.45) is 0 Å². The van der Waals surface area contributed by atoms with Crippen LogP contribution in [0.4, 0.5) is 32.0 Å². The van der Waals surface area contributed by atoms with Crippen molar-refractivity contribution in [3.8, 4) is 5.75 Å². The molecule has 1 amide bonds. The highest BCUT2D eigenvalue weighted by molar-refractivity contribution is 5.79. The van der Waals surface area contributed by atoms with Crippen LogP contribution >= 0.6 is 0 Å². The third-order valence-electron chi connectivity index (χ3n) is 10.1. The van der Waals surface area contributed by atoms with Gasteiger partial charge in [0.2, 0.25) is 5.91 Å². The predicted molar refractivity (Wildman–Crippen MR) is 182 cm³/mol. The number of hydrogen-bond donors (Lipinski definition) is 1. The lowest BCUT2D eigenvalue weighted by Crippen LogP contribution is -2.56. The van der Waals surface area contributed by atoms with E-state index >= 15 is 0 Å². The largest absolute Gasteiger partial charge is 0.493 e. The van der Waals surface area contributed by atoms with Crippen LogP contribution in [0.1, 0.15) is 48.6 Å². The standard InChI is InChI=1S/C38H42F6N4O3/c1-4-8-29-19-31(36(37(39,40)41,38(42,43)44)51-23-27-9-6-5-7-10-27)13-14-32(29)48-17-16-47(21-26(48)2)34(49)22-46-24-35(3,45-25-46)30-12-11-28-15-18-50-33(28)20-30/h4-14,19-20,26,45H,15-18,21-25H2,1-3H3/t26-,35?/m0/s1. The summed E-state index contributed by atoms with van der Waals surface area (Å²) in [5, 5.41) is 3.54. The molecule has 7 nitrogen and oxygen atoms in total. The number of amides is 1. The molecule has 3 aliphatic heterocycles. The fraction of sp³-hybridized carbons (Fsp3) is 0.447. The van der Waals surface area contributed by atoms with Gasteiger partial charge >= 0.3 is 12.4 Å². The predicted octanol–water partition coefficient (Wildman–Crippen LogP) is 7.01. The van der Waals surface area contributed by atoms with Crippen molar-refractivity contribution in [1.82, 2.24) is 15.1 Å². The number of nitrogens with one attached hydrogen (secondary N) is 1. The van der Waals surface area contributed by atoms with Crippen molar-refractivity contribution in [2.45, 2.75) is 63.3 Å². The number of ether oxygens (including phenoxy) is 2. The molecular weight excluding hydrogens is 674 g/mol. The Morgan fingerprint density at radius 3 is 2.45 bits per heavy atom. The quantitative estimate of drug-likeness (QED) is 0.241. The maximum Gasteiger partial charge on any atom is 0.430 e. The van der Waals surface area contributed by atoms with Gasteiger partial charge in [0.15, 0.2) is 0 Å². The van der Waals surface area contributed by atoms with Crippen molar-refractivity contribution in [3.63, 3.8) is 0 Å². The van der Waals surface area contributed by atoms with Crippen LogP contribution in [0.25, 0.3) is 6.08 Å². The second-order valence-corrected chi connectivity index (χ2v) is 13.7. The van der Waals surface area contributed by atoms with Crippen LogP contribution in [-0.2, 0) is 33.7 Å². The number of anilines is 1. The Kier molecular flexibility index (Phi) is 10.2. The molecule has 13 heteroatoms. The molecule has 3 aromatic rings. The minimum Gasteiger partial charge on any atom is -0.493 e. The first-order valence-electron chi connectivity index (χ1n) is 17.0. The first kappa shape index (κ1) is 36.7. The van der Waals surface area contributed by atoms with E-state index < -0.39 is 30.1 Å². The molecule has 2 atom stereocenters.